The van der Waals surface area contributed by atoms with E-state index in [2.05, 4.69) is 37.6 Å². The lowest BCUT2D eigenvalue weighted by molar-refractivity contribution is -0.126. The highest BCUT2D eigenvalue weighted by atomic mass is 16.3. The third kappa shape index (κ3) is 5.36. The van der Waals surface area contributed by atoms with E-state index >= 15 is 0 Å². The van der Waals surface area contributed by atoms with Crippen LogP contribution in [0.15, 0.2) is 61.4 Å². The standard InChI is InChI=1S/C27H31N7O2/c1-33-17-23(15-31-33)20-4-2-5-21(12-20)26-29-13-22(14-30-26)24-16-32-34(18-24)25-8-6-19(7-9-25)27(36)28-10-3-11-35/h2,4-5,12-19,25,35H,3,6-11H2,1H3,(H,28,36)/t19-,25-. The Labute approximate surface area is 210 Å². The van der Waals surface area contributed by atoms with E-state index in [0.29, 0.717) is 18.8 Å². The molecule has 1 amide bonds. The van der Waals surface area contributed by atoms with Crippen LogP contribution in [0.2, 0.25) is 0 Å². The monoisotopic (exact) mass is 485 g/mol. The predicted molar refractivity (Wildman–Crippen MR) is 137 cm³/mol. The lowest BCUT2D eigenvalue weighted by Crippen LogP contribution is -2.34. The van der Waals surface area contributed by atoms with Crippen molar-refractivity contribution in [1.29, 1.82) is 0 Å². The maximum atomic E-state index is 12.3. The Kier molecular flexibility index (Phi) is 7.18. The number of aryl methyl sites for hydroxylation is 1. The van der Waals surface area contributed by atoms with Gasteiger partial charge in [0.2, 0.25) is 5.91 Å². The second-order valence-electron chi connectivity index (χ2n) is 9.36. The molecule has 2 N–H and O–H groups in total. The second kappa shape index (κ2) is 10.8. The first-order valence-electron chi connectivity index (χ1n) is 12.5. The first-order chi connectivity index (χ1) is 17.6. The van der Waals surface area contributed by atoms with Gasteiger partial charge in [0, 0.05) is 73.2 Å². The number of aromatic nitrogens is 6. The SMILES string of the molecule is Cn1cc(-c2cccc(-c3ncc(-c4cnn([C@H]5CC[C@H](C(=O)NCCCO)CC5)c4)cn3)c2)cn1. The lowest BCUT2D eigenvalue weighted by Gasteiger charge is -2.28. The number of carbonyl (C=O) groups excluding carboxylic acids is 1. The Morgan fingerprint density at radius 3 is 2.39 bits per heavy atom. The van der Waals surface area contributed by atoms with E-state index in [9.17, 15) is 4.79 Å². The van der Waals surface area contributed by atoms with E-state index in [1.165, 1.54) is 0 Å². The summed E-state index contributed by atoms with van der Waals surface area (Å²) in [5.41, 5.74) is 4.99. The van der Waals surface area contributed by atoms with E-state index in [-0.39, 0.29) is 24.5 Å². The van der Waals surface area contributed by atoms with Crippen molar-refractivity contribution in [2.24, 2.45) is 13.0 Å². The smallest absolute Gasteiger partial charge is 0.223 e. The zero-order valence-corrected chi connectivity index (χ0v) is 20.4. The summed E-state index contributed by atoms with van der Waals surface area (Å²) in [5.74, 6) is 0.825. The summed E-state index contributed by atoms with van der Waals surface area (Å²) >= 11 is 0. The molecule has 0 bridgehead atoms. The van der Waals surface area contributed by atoms with Gasteiger partial charge in [-0.25, -0.2) is 9.97 Å². The molecule has 5 rings (SSSR count). The molecule has 1 aliphatic rings. The highest BCUT2D eigenvalue weighted by molar-refractivity contribution is 5.78. The highest BCUT2D eigenvalue weighted by Crippen LogP contribution is 2.33. The number of nitrogens with zero attached hydrogens (tertiary/aromatic N) is 6. The van der Waals surface area contributed by atoms with Crippen molar-refractivity contribution < 1.29 is 9.90 Å². The molecule has 1 aliphatic carbocycles. The Hall–Kier alpha value is -3.85. The first kappa shape index (κ1) is 23.9. The molecule has 0 radical (unpaired) electrons. The van der Waals surface area contributed by atoms with Crippen LogP contribution in [0, 0.1) is 5.92 Å². The van der Waals surface area contributed by atoms with Crippen molar-refractivity contribution >= 4 is 5.91 Å². The second-order valence-corrected chi connectivity index (χ2v) is 9.36. The molecule has 1 saturated carbocycles. The summed E-state index contributed by atoms with van der Waals surface area (Å²) in [4.78, 5) is 21.5. The van der Waals surface area contributed by atoms with Gasteiger partial charge in [0.15, 0.2) is 5.82 Å². The minimum Gasteiger partial charge on any atom is -0.396 e. The van der Waals surface area contributed by atoms with Crippen molar-refractivity contribution in [2.45, 2.75) is 38.1 Å². The molecule has 36 heavy (non-hydrogen) atoms. The number of aliphatic hydroxyl groups is 1. The molecular weight excluding hydrogens is 454 g/mol. The number of nitrogens with one attached hydrogen (secondary N) is 1. The number of carbonyl (C=O) groups is 1. The molecule has 186 valence electrons. The van der Waals surface area contributed by atoms with Gasteiger partial charge < -0.3 is 10.4 Å². The lowest BCUT2D eigenvalue weighted by atomic mass is 9.85. The number of amides is 1. The Morgan fingerprint density at radius 2 is 1.67 bits per heavy atom. The number of hydrogen-bond donors (Lipinski definition) is 2. The molecule has 0 unspecified atom stereocenters. The van der Waals surface area contributed by atoms with Crippen molar-refractivity contribution in [2.75, 3.05) is 13.2 Å². The fourth-order valence-corrected chi connectivity index (χ4v) is 4.76. The first-order valence-corrected chi connectivity index (χ1v) is 12.5. The van der Waals surface area contributed by atoms with E-state index in [1.807, 2.05) is 61.0 Å². The summed E-state index contributed by atoms with van der Waals surface area (Å²) in [5, 5.41) is 20.7. The van der Waals surface area contributed by atoms with E-state index in [1.54, 1.807) is 4.68 Å². The van der Waals surface area contributed by atoms with Gasteiger partial charge in [-0.3, -0.25) is 14.2 Å². The third-order valence-corrected chi connectivity index (χ3v) is 6.82. The van der Waals surface area contributed by atoms with Crippen molar-refractivity contribution in [3.05, 3.63) is 61.4 Å². The van der Waals surface area contributed by atoms with Crippen LogP contribution in [-0.2, 0) is 11.8 Å². The number of hydrogen-bond acceptors (Lipinski definition) is 6. The van der Waals surface area contributed by atoms with Gasteiger partial charge in [-0.1, -0.05) is 18.2 Å². The summed E-state index contributed by atoms with van der Waals surface area (Å²) < 4.78 is 3.80. The van der Waals surface area contributed by atoms with Gasteiger partial charge in [0.25, 0.3) is 0 Å². The zero-order chi connectivity index (χ0) is 24.9. The molecule has 0 atom stereocenters. The molecule has 9 heteroatoms. The van der Waals surface area contributed by atoms with Crippen molar-refractivity contribution in [3.8, 4) is 33.6 Å². The van der Waals surface area contributed by atoms with Gasteiger partial charge in [-0.05, 0) is 43.7 Å². The molecule has 9 nitrogen and oxygen atoms in total. The summed E-state index contributed by atoms with van der Waals surface area (Å²) in [6, 6.07) is 8.44. The Balaban J connectivity index is 1.22. The summed E-state index contributed by atoms with van der Waals surface area (Å²) in [6.45, 7) is 0.635. The van der Waals surface area contributed by atoms with Crippen molar-refractivity contribution in [1.82, 2.24) is 34.8 Å². The van der Waals surface area contributed by atoms with E-state index in [0.717, 1.165) is 53.5 Å². The normalized spacial score (nSPS) is 17.7. The average Bonchev–Trinajstić information content (AvgIpc) is 3.59. The van der Waals surface area contributed by atoms with Crippen LogP contribution in [0.1, 0.15) is 38.1 Å². The van der Waals surface area contributed by atoms with Gasteiger partial charge in [-0.15, -0.1) is 0 Å². The molecule has 1 aromatic carbocycles. The fourth-order valence-electron chi connectivity index (χ4n) is 4.76. The summed E-state index contributed by atoms with van der Waals surface area (Å²) in [6.07, 6.45) is 15.6. The van der Waals surface area contributed by atoms with Gasteiger partial charge >= 0.3 is 0 Å². The molecule has 0 saturated heterocycles. The molecule has 1 fully saturated rings. The van der Waals surface area contributed by atoms with Crippen LogP contribution in [0.25, 0.3) is 33.6 Å². The maximum Gasteiger partial charge on any atom is 0.223 e. The minimum atomic E-state index is 0.0487. The molecule has 4 aromatic rings. The van der Waals surface area contributed by atoms with Crippen LogP contribution >= 0.6 is 0 Å². The zero-order valence-electron chi connectivity index (χ0n) is 20.4. The molecule has 0 spiro atoms. The minimum absolute atomic E-state index is 0.0487. The van der Waals surface area contributed by atoms with Crippen LogP contribution in [0.5, 0.6) is 0 Å². The van der Waals surface area contributed by atoms with Gasteiger partial charge in [0.05, 0.1) is 18.4 Å². The average molecular weight is 486 g/mol. The van der Waals surface area contributed by atoms with E-state index in [4.69, 9.17) is 5.11 Å². The third-order valence-electron chi connectivity index (χ3n) is 6.82. The van der Waals surface area contributed by atoms with Crippen LogP contribution in [-0.4, -0.2) is 53.7 Å². The molecular formula is C27H31N7O2. The van der Waals surface area contributed by atoms with E-state index < -0.39 is 0 Å². The Morgan fingerprint density at radius 1 is 0.944 bits per heavy atom. The molecule has 0 aliphatic heterocycles. The topological polar surface area (TPSA) is 111 Å². The largest absolute Gasteiger partial charge is 0.396 e. The van der Waals surface area contributed by atoms with Gasteiger partial charge in [0.1, 0.15) is 0 Å². The van der Waals surface area contributed by atoms with Crippen LogP contribution < -0.4 is 5.32 Å². The number of aliphatic hydroxyl groups excluding tert-OH is 1. The maximum absolute atomic E-state index is 12.3. The number of rotatable bonds is 8. The molecule has 3 heterocycles. The van der Waals surface area contributed by atoms with Crippen molar-refractivity contribution in [3.63, 3.8) is 0 Å². The van der Waals surface area contributed by atoms with Gasteiger partial charge in [-0.2, -0.15) is 10.2 Å². The highest BCUT2D eigenvalue weighted by Gasteiger charge is 2.27. The predicted octanol–water partition coefficient (Wildman–Crippen LogP) is 3.64. The van der Waals surface area contributed by atoms with Crippen LogP contribution in [0.3, 0.4) is 0 Å². The molecule has 3 aromatic heterocycles. The quantitative estimate of drug-likeness (QED) is 0.369. The number of benzene rings is 1. The van der Waals surface area contributed by atoms with Crippen LogP contribution in [0.4, 0.5) is 0 Å². The summed E-state index contributed by atoms with van der Waals surface area (Å²) in [7, 11) is 1.91. The fraction of sp³-hybridized carbons (Fsp3) is 0.370. The Bertz CT molecular complexity index is 1300.